The second-order valence-corrected chi connectivity index (χ2v) is 8.97. The molecule has 2 aliphatic rings. The first-order valence-electron chi connectivity index (χ1n) is 9.78. The highest BCUT2D eigenvalue weighted by molar-refractivity contribution is 7.98. The van der Waals surface area contributed by atoms with Crippen molar-refractivity contribution in [2.24, 2.45) is 12.5 Å². The zero-order valence-electron chi connectivity index (χ0n) is 16.3. The van der Waals surface area contributed by atoms with Crippen LogP contribution in [0.3, 0.4) is 0 Å². The van der Waals surface area contributed by atoms with E-state index in [-0.39, 0.29) is 5.56 Å². The number of piperidine rings is 1. The highest BCUT2D eigenvalue weighted by Crippen LogP contribution is 2.43. The molecular weight excluding hydrogens is 370 g/mol. The summed E-state index contributed by atoms with van der Waals surface area (Å²) in [7, 11) is 1.82. The van der Waals surface area contributed by atoms with E-state index in [0.29, 0.717) is 10.9 Å². The van der Waals surface area contributed by atoms with Crippen LogP contribution in [0.2, 0.25) is 0 Å². The van der Waals surface area contributed by atoms with Crippen LogP contribution in [0.5, 0.6) is 0 Å². The number of anilines is 1. The number of rotatable bonds is 3. The van der Waals surface area contributed by atoms with Gasteiger partial charge in [-0.2, -0.15) is 0 Å². The SMILES string of the molecule is CSc1ccc(N2CCC3(CC2)COC3)c(-c2cn(C)c(=O)c3[nH]ccc23)c1. The average Bonchev–Trinajstić information content (AvgIpc) is 3.19. The van der Waals surface area contributed by atoms with Gasteiger partial charge >= 0.3 is 0 Å². The minimum atomic E-state index is 0.0104. The number of ether oxygens (including phenoxy) is 1. The molecule has 0 aliphatic carbocycles. The van der Waals surface area contributed by atoms with E-state index in [2.05, 4.69) is 34.3 Å². The zero-order valence-corrected chi connectivity index (χ0v) is 17.1. The highest BCUT2D eigenvalue weighted by atomic mass is 32.2. The molecule has 1 N–H and O–H groups in total. The predicted octanol–water partition coefficient (Wildman–Crippen LogP) is 3.87. The molecule has 0 amide bonds. The highest BCUT2D eigenvalue weighted by Gasteiger charge is 2.41. The molecule has 2 saturated heterocycles. The molecular formula is C22H25N3O2S. The average molecular weight is 396 g/mol. The molecule has 1 spiro atoms. The number of thioether (sulfide) groups is 1. The standard InChI is InChI=1S/C22H25N3O2S/c1-24-12-18(16-5-8-23-20(16)21(24)26)17-11-15(28-2)3-4-19(17)25-9-6-22(7-10-25)13-27-14-22/h3-5,8,11-12,23H,6-7,9-10,13-14H2,1-2H3. The number of H-pyrrole nitrogens is 1. The van der Waals surface area contributed by atoms with Gasteiger partial charge in [0.05, 0.1) is 13.2 Å². The van der Waals surface area contributed by atoms with Crippen LogP contribution in [-0.4, -0.2) is 42.1 Å². The second-order valence-electron chi connectivity index (χ2n) is 8.09. The number of aromatic nitrogens is 2. The monoisotopic (exact) mass is 395 g/mol. The summed E-state index contributed by atoms with van der Waals surface area (Å²) in [6, 6.07) is 8.73. The molecule has 28 heavy (non-hydrogen) atoms. The molecule has 5 nitrogen and oxygen atoms in total. The van der Waals surface area contributed by atoms with E-state index in [1.54, 1.807) is 16.3 Å². The first-order valence-corrected chi connectivity index (χ1v) is 11.0. The molecule has 1 aromatic carbocycles. The third-order valence-electron chi connectivity index (χ3n) is 6.37. The summed E-state index contributed by atoms with van der Waals surface area (Å²) in [4.78, 5) is 19.4. The lowest BCUT2D eigenvalue weighted by Gasteiger charge is -2.48. The van der Waals surface area contributed by atoms with Crippen LogP contribution in [0.25, 0.3) is 22.0 Å². The summed E-state index contributed by atoms with van der Waals surface area (Å²) in [6.45, 7) is 3.95. The van der Waals surface area contributed by atoms with Crippen molar-refractivity contribution < 1.29 is 4.74 Å². The van der Waals surface area contributed by atoms with E-state index < -0.39 is 0 Å². The maximum atomic E-state index is 12.5. The van der Waals surface area contributed by atoms with Gasteiger partial charge in [-0.1, -0.05) is 0 Å². The van der Waals surface area contributed by atoms with Crippen molar-refractivity contribution in [3.63, 3.8) is 0 Å². The van der Waals surface area contributed by atoms with Crippen LogP contribution < -0.4 is 10.5 Å². The van der Waals surface area contributed by atoms with Gasteiger partial charge in [-0.25, -0.2) is 0 Å². The molecule has 5 rings (SSSR count). The van der Waals surface area contributed by atoms with E-state index in [0.717, 1.165) is 37.3 Å². The summed E-state index contributed by atoms with van der Waals surface area (Å²) < 4.78 is 7.17. The summed E-state index contributed by atoms with van der Waals surface area (Å²) >= 11 is 1.75. The Kier molecular flexibility index (Phi) is 4.29. The summed E-state index contributed by atoms with van der Waals surface area (Å²) in [5.41, 5.74) is 4.67. The Balaban J connectivity index is 1.62. The molecule has 0 radical (unpaired) electrons. The molecule has 0 unspecified atom stereocenters. The fourth-order valence-electron chi connectivity index (χ4n) is 4.52. The smallest absolute Gasteiger partial charge is 0.274 e. The third kappa shape index (κ3) is 2.78. The van der Waals surface area contributed by atoms with Gasteiger partial charge in [-0.05, 0) is 43.4 Å². The number of hydrogen-bond acceptors (Lipinski definition) is 4. The van der Waals surface area contributed by atoms with Crippen molar-refractivity contribution in [1.82, 2.24) is 9.55 Å². The third-order valence-corrected chi connectivity index (χ3v) is 7.09. The largest absolute Gasteiger partial charge is 0.380 e. The molecule has 2 fully saturated rings. The van der Waals surface area contributed by atoms with Crippen molar-refractivity contribution in [2.75, 3.05) is 37.5 Å². The normalized spacial score (nSPS) is 18.6. The Bertz CT molecular complexity index is 1090. The number of fused-ring (bicyclic) bond motifs is 1. The molecule has 3 aromatic rings. The second kappa shape index (κ2) is 6.71. The van der Waals surface area contributed by atoms with Gasteiger partial charge in [0.1, 0.15) is 5.52 Å². The Morgan fingerprint density at radius 2 is 1.93 bits per heavy atom. The van der Waals surface area contributed by atoms with Gasteiger partial charge < -0.3 is 19.2 Å². The number of pyridine rings is 1. The van der Waals surface area contributed by atoms with Crippen LogP contribution in [0.15, 0.2) is 46.3 Å². The summed E-state index contributed by atoms with van der Waals surface area (Å²) in [5, 5.41) is 0.989. The molecule has 146 valence electrons. The van der Waals surface area contributed by atoms with Crippen molar-refractivity contribution >= 4 is 28.4 Å². The lowest BCUT2D eigenvalue weighted by molar-refractivity contribution is -0.124. The van der Waals surface area contributed by atoms with E-state index in [1.165, 1.54) is 29.0 Å². The Hall–Kier alpha value is -2.18. The van der Waals surface area contributed by atoms with Crippen LogP contribution in [0.4, 0.5) is 5.69 Å². The van der Waals surface area contributed by atoms with E-state index in [1.807, 2.05) is 25.5 Å². The van der Waals surface area contributed by atoms with Crippen molar-refractivity contribution in [3.8, 4) is 11.1 Å². The molecule has 4 heterocycles. The molecule has 2 aromatic heterocycles. The van der Waals surface area contributed by atoms with Gasteiger partial charge in [0, 0.05) is 65.0 Å². The lowest BCUT2D eigenvalue weighted by Crippen LogP contribution is -2.51. The maximum absolute atomic E-state index is 12.5. The molecule has 6 heteroatoms. The maximum Gasteiger partial charge on any atom is 0.274 e. The van der Waals surface area contributed by atoms with Gasteiger partial charge in [0.25, 0.3) is 5.56 Å². The van der Waals surface area contributed by atoms with E-state index >= 15 is 0 Å². The molecule has 0 atom stereocenters. The van der Waals surface area contributed by atoms with Crippen LogP contribution in [0.1, 0.15) is 12.8 Å². The number of hydrogen-bond donors (Lipinski definition) is 1. The van der Waals surface area contributed by atoms with Crippen LogP contribution in [-0.2, 0) is 11.8 Å². The predicted molar refractivity (Wildman–Crippen MR) is 115 cm³/mol. The Labute approximate surface area is 168 Å². The fraction of sp³-hybridized carbons (Fsp3) is 0.409. The number of aryl methyl sites for hydroxylation is 1. The number of aromatic amines is 1. The van der Waals surface area contributed by atoms with Crippen LogP contribution in [0, 0.1) is 5.41 Å². The minimum Gasteiger partial charge on any atom is -0.380 e. The first kappa shape index (κ1) is 17.9. The molecule has 0 saturated carbocycles. The quantitative estimate of drug-likeness (QED) is 0.684. The van der Waals surface area contributed by atoms with Crippen molar-refractivity contribution in [3.05, 3.63) is 47.0 Å². The molecule has 0 bridgehead atoms. The topological polar surface area (TPSA) is 50.3 Å². The van der Waals surface area contributed by atoms with Gasteiger partial charge in [0.2, 0.25) is 0 Å². The summed E-state index contributed by atoms with van der Waals surface area (Å²) in [5.74, 6) is 0. The lowest BCUT2D eigenvalue weighted by atomic mass is 9.76. The van der Waals surface area contributed by atoms with E-state index in [9.17, 15) is 4.79 Å². The van der Waals surface area contributed by atoms with E-state index in [4.69, 9.17) is 4.74 Å². The van der Waals surface area contributed by atoms with Gasteiger partial charge in [-0.15, -0.1) is 11.8 Å². The van der Waals surface area contributed by atoms with Crippen LogP contribution >= 0.6 is 11.8 Å². The Morgan fingerprint density at radius 3 is 2.61 bits per heavy atom. The summed E-state index contributed by atoms with van der Waals surface area (Å²) in [6.07, 6.45) is 8.31. The van der Waals surface area contributed by atoms with Crippen molar-refractivity contribution in [1.29, 1.82) is 0 Å². The zero-order chi connectivity index (χ0) is 19.3. The Morgan fingerprint density at radius 1 is 1.14 bits per heavy atom. The minimum absolute atomic E-state index is 0.0104. The molecule has 2 aliphatic heterocycles. The number of nitrogens with zero attached hydrogens (tertiary/aromatic N) is 2. The van der Waals surface area contributed by atoms with Crippen molar-refractivity contribution in [2.45, 2.75) is 17.7 Å². The van der Waals surface area contributed by atoms with Gasteiger partial charge in [0.15, 0.2) is 0 Å². The first-order chi connectivity index (χ1) is 13.6. The fourth-order valence-corrected chi connectivity index (χ4v) is 4.96. The van der Waals surface area contributed by atoms with Gasteiger partial charge in [-0.3, -0.25) is 4.79 Å². The number of benzene rings is 1. The number of nitrogens with one attached hydrogen (secondary N) is 1.